The molecule has 0 aromatic heterocycles. The third kappa shape index (κ3) is 2.21. The summed E-state index contributed by atoms with van der Waals surface area (Å²) < 4.78 is 0. The first-order chi connectivity index (χ1) is 5.24. The van der Waals surface area contributed by atoms with Crippen LogP contribution in [0.4, 0.5) is 0 Å². The summed E-state index contributed by atoms with van der Waals surface area (Å²) in [7, 11) is 0. The van der Waals surface area contributed by atoms with Crippen LogP contribution in [-0.2, 0) is 4.79 Å². The molecule has 0 bridgehead atoms. The van der Waals surface area contributed by atoms with Crippen LogP contribution in [-0.4, -0.2) is 11.9 Å². The van der Waals surface area contributed by atoms with Gasteiger partial charge in [0.15, 0.2) is 0 Å². The predicted molar refractivity (Wildman–Crippen MR) is 45.2 cm³/mol. The number of carbonyl (C=O) groups is 1. The van der Waals surface area contributed by atoms with Crippen LogP contribution in [0.3, 0.4) is 0 Å². The highest BCUT2D eigenvalue weighted by molar-refractivity contribution is 5.79. The van der Waals surface area contributed by atoms with Gasteiger partial charge in [-0.2, -0.15) is 0 Å². The molecule has 2 unspecified atom stereocenters. The van der Waals surface area contributed by atoms with E-state index in [1.54, 1.807) is 0 Å². The van der Waals surface area contributed by atoms with Crippen molar-refractivity contribution in [1.29, 1.82) is 0 Å². The summed E-state index contributed by atoms with van der Waals surface area (Å²) in [4.78, 5) is 11.3. The lowest BCUT2D eigenvalue weighted by molar-refractivity contribution is -0.127. The molecule has 64 valence electrons. The van der Waals surface area contributed by atoms with Crippen molar-refractivity contribution in [1.82, 2.24) is 5.32 Å². The average molecular weight is 155 g/mol. The molecular weight excluding hydrogens is 138 g/mol. The molecule has 1 N–H and O–H groups in total. The number of piperidine rings is 1. The molecule has 1 amide bonds. The lowest BCUT2D eigenvalue weighted by Gasteiger charge is -2.26. The van der Waals surface area contributed by atoms with Gasteiger partial charge in [-0.05, 0) is 26.2 Å². The quantitative estimate of drug-likeness (QED) is 0.646. The molecular formula is C9H17NO. The fraction of sp³-hybridized carbons (Fsp3) is 0.889. The fourth-order valence-corrected chi connectivity index (χ4v) is 1.64. The Hall–Kier alpha value is -0.530. The molecule has 0 aromatic rings. The van der Waals surface area contributed by atoms with Crippen LogP contribution in [0.1, 0.15) is 39.5 Å². The highest BCUT2D eigenvalue weighted by Crippen LogP contribution is 2.19. The lowest BCUT2D eigenvalue weighted by Crippen LogP contribution is -2.42. The Labute approximate surface area is 68.4 Å². The van der Waals surface area contributed by atoms with E-state index in [1.165, 1.54) is 0 Å². The summed E-state index contributed by atoms with van der Waals surface area (Å²) in [5.41, 5.74) is 0. The zero-order valence-electron chi connectivity index (χ0n) is 7.39. The Bertz CT molecular complexity index is 144. The van der Waals surface area contributed by atoms with Crippen molar-refractivity contribution in [2.24, 2.45) is 5.92 Å². The monoisotopic (exact) mass is 155 g/mol. The zero-order chi connectivity index (χ0) is 8.27. The van der Waals surface area contributed by atoms with Crippen LogP contribution in [0.2, 0.25) is 0 Å². The first kappa shape index (κ1) is 8.57. The van der Waals surface area contributed by atoms with E-state index in [0.717, 1.165) is 25.7 Å². The number of hydrogen-bond donors (Lipinski definition) is 1. The molecule has 1 fully saturated rings. The Kier molecular flexibility index (Phi) is 2.92. The molecule has 2 heteroatoms. The van der Waals surface area contributed by atoms with Crippen molar-refractivity contribution >= 4 is 5.91 Å². The molecule has 1 heterocycles. The van der Waals surface area contributed by atoms with Gasteiger partial charge in [0.25, 0.3) is 0 Å². The average Bonchev–Trinajstić information content (AvgIpc) is 1.95. The molecule has 0 radical (unpaired) electrons. The minimum absolute atomic E-state index is 0.269. The predicted octanol–water partition coefficient (Wildman–Crippen LogP) is 1.70. The fourth-order valence-electron chi connectivity index (χ4n) is 1.64. The van der Waals surface area contributed by atoms with Gasteiger partial charge in [-0.15, -0.1) is 0 Å². The molecule has 0 spiro atoms. The summed E-state index contributed by atoms with van der Waals surface area (Å²) in [6, 6.07) is 0.399. The van der Waals surface area contributed by atoms with Crippen LogP contribution >= 0.6 is 0 Å². The molecule has 0 saturated carbocycles. The summed E-state index contributed by atoms with van der Waals surface area (Å²) in [5, 5.41) is 2.98. The van der Waals surface area contributed by atoms with Crippen molar-refractivity contribution in [2.45, 2.75) is 45.6 Å². The Balaban J connectivity index is 2.38. The molecule has 0 aliphatic carbocycles. The molecule has 11 heavy (non-hydrogen) atoms. The highest BCUT2D eigenvalue weighted by atomic mass is 16.2. The second kappa shape index (κ2) is 3.74. The van der Waals surface area contributed by atoms with Crippen molar-refractivity contribution in [2.75, 3.05) is 0 Å². The summed E-state index contributed by atoms with van der Waals surface area (Å²) in [5.74, 6) is 0.571. The highest BCUT2D eigenvalue weighted by Gasteiger charge is 2.24. The van der Waals surface area contributed by atoms with E-state index in [-0.39, 0.29) is 5.91 Å². The maximum Gasteiger partial charge on any atom is 0.223 e. The number of carbonyl (C=O) groups excluding carboxylic acids is 1. The van der Waals surface area contributed by atoms with Gasteiger partial charge in [0.2, 0.25) is 5.91 Å². The normalized spacial score (nSPS) is 31.6. The Morgan fingerprint density at radius 1 is 1.55 bits per heavy atom. The van der Waals surface area contributed by atoms with E-state index in [2.05, 4.69) is 19.2 Å². The molecule has 1 aliphatic rings. The van der Waals surface area contributed by atoms with Gasteiger partial charge in [0.05, 0.1) is 0 Å². The molecule has 1 saturated heterocycles. The summed E-state index contributed by atoms with van der Waals surface area (Å²) in [6.07, 6.45) is 4.41. The Morgan fingerprint density at radius 2 is 2.27 bits per heavy atom. The van der Waals surface area contributed by atoms with Gasteiger partial charge in [-0.3, -0.25) is 4.79 Å². The molecule has 2 nitrogen and oxygen atoms in total. The molecule has 1 aliphatic heterocycles. The first-order valence-corrected chi connectivity index (χ1v) is 4.54. The van der Waals surface area contributed by atoms with Crippen LogP contribution in [0.25, 0.3) is 0 Å². The van der Waals surface area contributed by atoms with E-state index < -0.39 is 0 Å². The largest absolute Gasteiger partial charge is 0.353 e. The van der Waals surface area contributed by atoms with Gasteiger partial charge in [-0.1, -0.05) is 13.3 Å². The first-order valence-electron chi connectivity index (χ1n) is 4.54. The van der Waals surface area contributed by atoms with Crippen molar-refractivity contribution < 1.29 is 4.79 Å². The SMILES string of the molecule is CCCC1CCC(C)NC1=O. The van der Waals surface area contributed by atoms with Crippen molar-refractivity contribution in [3.05, 3.63) is 0 Å². The van der Waals surface area contributed by atoms with Gasteiger partial charge < -0.3 is 5.32 Å². The number of rotatable bonds is 2. The van der Waals surface area contributed by atoms with E-state index >= 15 is 0 Å². The minimum Gasteiger partial charge on any atom is -0.353 e. The second-order valence-electron chi connectivity index (χ2n) is 3.47. The van der Waals surface area contributed by atoms with E-state index in [9.17, 15) is 4.79 Å². The third-order valence-electron chi connectivity index (χ3n) is 2.34. The van der Waals surface area contributed by atoms with Gasteiger partial charge >= 0.3 is 0 Å². The standard InChI is InChI=1S/C9H17NO/c1-3-4-8-6-5-7(2)10-9(8)11/h7-8H,3-6H2,1-2H3,(H,10,11). The second-order valence-corrected chi connectivity index (χ2v) is 3.47. The van der Waals surface area contributed by atoms with E-state index in [4.69, 9.17) is 0 Å². The number of nitrogens with one attached hydrogen (secondary N) is 1. The summed E-state index contributed by atoms with van der Waals surface area (Å²) in [6.45, 7) is 4.20. The van der Waals surface area contributed by atoms with E-state index in [0.29, 0.717) is 12.0 Å². The number of hydrogen-bond acceptors (Lipinski definition) is 1. The maximum atomic E-state index is 11.3. The van der Waals surface area contributed by atoms with Crippen molar-refractivity contribution in [3.63, 3.8) is 0 Å². The van der Waals surface area contributed by atoms with Crippen LogP contribution in [0.15, 0.2) is 0 Å². The molecule has 0 aromatic carbocycles. The van der Waals surface area contributed by atoms with Crippen molar-refractivity contribution in [3.8, 4) is 0 Å². The van der Waals surface area contributed by atoms with Gasteiger partial charge in [0, 0.05) is 12.0 Å². The smallest absolute Gasteiger partial charge is 0.223 e. The molecule has 2 atom stereocenters. The summed E-state index contributed by atoms with van der Waals surface area (Å²) >= 11 is 0. The van der Waals surface area contributed by atoms with Crippen LogP contribution < -0.4 is 5.32 Å². The van der Waals surface area contributed by atoms with Crippen LogP contribution in [0, 0.1) is 5.92 Å². The lowest BCUT2D eigenvalue weighted by atomic mass is 9.91. The third-order valence-corrected chi connectivity index (χ3v) is 2.34. The zero-order valence-corrected chi connectivity index (χ0v) is 7.39. The topological polar surface area (TPSA) is 29.1 Å². The Morgan fingerprint density at radius 3 is 2.82 bits per heavy atom. The van der Waals surface area contributed by atoms with E-state index in [1.807, 2.05) is 0 Å². The van der Waals surface area contributed by atoms with Gasteiger partial charge in [-0.25, -0.2) is 0 Å². The minimum atomic E-state index is 0.269. The van der Waals surface area contributed by atoms with Gasteiger partial charge in [0.1, 0.15) is 0 Å². The van der Waals surface area contributed by atoms with Crippen LogP contribution in [0.5, 0.6) is 0 Å². The maximum absolute atomic E-state index is 11.3. The molecule has 1 rings (SSSR count). The number of amides is 1.